The molecule has 3 aromatic rings. The number of hydrogen-bond donors (Lipinski definition) is 1. The standard InChI is InChI=1S/C22H23N3O2/c26-16-18-8-6-17(7-9-18)14-19-10-13-24(15-19)22(27)20-4-1-2-5-21(20)25-12-3-11-23-25/h1-9,11-12,19,26H,10,13-16H2. The van der Waals surface area contributed by atoms with Crippen LogP contribution in [-0.2, 0) is 13.0 Å². The van der Waals surface area contributed by atoms with E-state index in [1.807, 2.05) is 53.6 Å². The topological polar surface area (TPSA) is 58.4 Å². The minimum Gasteiger partial charge on any atom is -0.392 e. The lowest BCUT2D eigenvalue weighted by Gasteiger charge is -2.19. The monoisotopic (exact) mass is 361 g/mol. The summed E-state index contributed by atoms with van der Waals surface area (Å²) in [6.07, 6.45) is 5.54. The lowest BCUT2D eigenvalue weighted by Crippen LogP contribution is -2.30. The molecule has 0 radical (unpaired) electrons. The summed E-state index contributed by atoms with van der Waals surface area (Å²) in [7, 11) is 0. The highest BCUT2D eigenvalue weighted by Crippen LogP contribution is 2.24. The van der Waals surface area contributed by atoms with Crippen molar-refractivity contribution < 1.29 is 9.90 Å². The summed E-state index contributed by atoms with van der Waals surface area (Å²) in [5.74, 6) is 0.532. The van der Waals surface area contributed by atoms with Crippen molar-refractivity contribution in [2.75, 3.05) is 13.1 Å². The largest absolute Gasteiger partial charge is 0.392 e. The quantitative estimate of drug-likeness (QED) is 0.760. The SMILES string of the molecule is O=C(c1ccccc1-n1cccn1)N1CCC(Cc2ccc(CO)cc2)C1. The van der Waals surface area contributed by atoms with Gasteiger partial charge in [0.25, 0.3) is 5.91 Å². The Hall–Kier alpha value is -2.92. The number of carbonyl (C=O) groups excluding carboxylic acids is 1. The Bertz CT molecular complexity index is 904. The van der Waals surface area contributed by atoms with Gasteiger partial charge in [-0.25, -0.2) is 4.68 Å². The smallest absolute Gasteiger partial charge is 0.256 e. The van der Waals surface area contributed by atoms with Crippen LogP contribution in [0.25, 0.3) is 5.69 Å². The van der Waals surface area contributed by atoms with E-state index in [1.165, 1.54) is 5.56 Å². The molecule has 1 saturated heterocycles. The zero-order chi connectivity index (χ0) is 18.6. The minimum atomic E-state index is 0.0687. The number of para-hydroxylation sites is 1. The fourth-order valence-electron chi connectivity index (χ4n) is 3.73. The molecule has 1 fully saturated rings. The van der Waals surface area contributed by atoms with Crippen molar-refractivity contribution in [2.24, 2.45) is 5.92 Å². The third-order valence-electron chi connectivity index (χ3n) is 5.19. The summed E-state index contributed by atoms with van der Waals surface area (Å²) in [4.78, 5) is 15.1. The molecular formula is C22H23N3O2. The molecule has 1 atom stereocenters. The molecule has 5 nitrogen and oxygen atoms in total. The Labute approximate surface area is 158 Å². The van der Waals surface area contributed by atoms with E-state index in [2.05, 4.69) is 17.2 Å². The van der Waals surface area contributed by atoms with Gasteiger partial charge >= 0.3 is 0 Å². The van der Waals surface area contributed by atoms with Crippen LogP contribution in [0.3, 0.4) is 0 Å². The number of carbonyl (C=O) groups is 1. The van der Waals surface area contributed by atoms with Gasteiger partial charge in [-0.15, -0.1) is 0 Å². The molecule has 1 aliphatic heterocycles. The summed E-state index contributed by atoms with van der Waals surface area (Å²) >= 11 is 0. The lowest BCUT2D eigenvalue weighted by molar-refractivity contribution is 0.0787. The predicted molar refractivity (Wildman–Crippen MR) is 104 cm³/mol. The van der Waals surface area contributed by atoms with Crippen molar-refractivity contribution in [1.82, 2.24) is 14.7 Å². The molecule has 0 bridgehead atoms. The van der Waals surface area contributed by atoms with Crippen LogP contribution in [0.1, 0.15) is 27.9 Å². The molecule has 5 heteroatoms. The molecule has 4 rings (SSSR count). The van der Waals surface area contributed by atoms with Crippen molar-refractivity contribution in [3.8, 4) is 5.69 Å². The summed E-state index contributed by atoms with van der Waals surface area (Å²) in [5, 5.41) is 13.4. The number of rotatable bonds is 5. The average molecular weight is 361 g/mol. The van der Waals surface area contributed by atoms with Gasteiger partial charge in [-0.3, -0.25) is 4.79 Å². The first kappa shape index (κ1) is 17.5. The number of hydrogen-bond acceptors (Lipinski definition) is 3. The van der Waals surface area contributed by atoms with Gasteiger partial charge in [0.05, 0.1) is 17.9 Å². The second kappa shape index (κ2) is 7.76. The van der Waals surface area contributed by atoms with Crippen LogP contribution in [-0.4, -0.2) is 38.8 Å². The first-order valence-corrected chi connectivity index (χ1v) is 9.31. The molecule has 1 aliphatic rings. The predicted octanol–water partition coefficient (Wildman–Crippen LogP) is 3.07. The van der Waals surface area contributed by atoms with Crippen LogP contribution in [0, 0.1) is 5.92 Å². The van der Waals surface area contributed by atoms with Crippen molar-refractivity contribution in [3.05, 3.63) is 83.7 Å². The molecule has 1 unspecified atom stereocenters. The number of amides is 1. The summed E-state index contributed by atoms with van der Waals surface area (Å²) in [6, 6.07) is 17.6. The highest BCUT2D eigenvalue weighted by Gasteiger charge is 2.28. The zero-order valence-corrected chi connectivity index (χ0v) is 15.2. The van der Waals surface area contributed by atoms with E-state index >= 15 is 0 Å². The Morgan fingerprint density at radius 3 is 2.59 bits per heavy atom. The first-order chi connectivity index (χ1) is 13.2. The highest BCUT2D eigenvalue weighted by molar-refractivity contribution is 5.97. The molecular weight excluding hydrogens is 338 g/mol. The zero-order valence-electron chi connectivity index (χ0n) is 15.2. The van der Waals surface area contributed by atoms with E-state index in [4.69, 9.17) is 5.11 Å². The summed E-state index contributed by atoms with van der Waals surface area (Å²) in [6.45, 7) is 1.63. The van der Waals surface area contributed by atoms with Gasteiger partial charge < -0.3 is 10.0 Å². The van der Waals surface area contributed by atoms with Crippen LogP contribution < -0.4 is 0 Å². The lowest BCUT2D eigenvalue weighted by atomic mass is 9.98. The normalized spacial score (nSPS) is 16.6. The minimum absolute atomic E-state index is 0.0687. The van der Waals surface area contributed by atoms with Crippen LogP contribution in [0.2, 0.25) is 0 Å². The second-order valence-electron chi connectivity index (χ2n) is 7.05. The van der Waals surface area contributed by atoms with Crippen molar-refractivity contribution in [3.63, 3.8) is 0 Å². The maximum atomic E-state index is 13.1. The fraction of sp³-hybridized carbons (Fsp3) is 0.273. The maximum Gasteiger partial charge on any atom is 0.256 e. The van der Waals surface area contributed by atoms with Crippen molar-refractivity contribution in [2.45, 2.75) is 19.4 Å². The first-order valence-electron chi connectivity index (χ1n) is 9.31. The van der Waals surface area contributed by atoms with Gasteiger partial charge in [0.15, 0.2) is 0 Å². The number of likely N-dealkylation sites (tertiary alicyclic amines) is 1. The molecule has 1 aromatic heterocycles. The van der Waals surface area contributed by atoms with Gasteiger partial charge in [-0.2, -0.15) is 5.10 Å². The summed E-state index contributed by atoms with van der Waals surface area (Å²) in [5.41, 5.74) is 3.69. The number of aliphatic hydroxyl groups excluding tert-OH is 1. The molecule has 2 heterocycles. The number of aliphatic hydroxyl groups is 1. The Balaban J connectivity index is 1.45. The second-order valence-corrected chi connectivity index (χ2v) is 7.05. The maximum absolute atomic E-state index is 13.1. The van der Waals surface area contributed by atoms with Gasteiger partial charge in [-0.1, -0.05) is 36.4 Å². The average Bonchev–Trinajstić information content (AvgIpc) is 3.40. The van der Waals surface area contributed by atoms with Crippen LogP contribution in [0.4, 0.5) is 0 Å². The van der Waals surface area contributed by atoms with E-state index in [0.717, 1.165) is 37.2 Å². The molecule has 27 heavy (non-hydrogen) atoms. The van der Waals surface area contributed by atoms with E-state index in [-0.39, 0.29) is 12.5 Å². The highest BCUT2D eigenvalue weighted by atomic mass is 16.3. The van der Waals surface area contributed by atoms with Crippen LogP contribution in [0.15, 0.2) is 67.0 Å². The van der Waals surface area contributed by atoms with Crippen LogP contribution >= 0.6 is 0 Å². The molecule has 1 N–H and O–H groups in total. The summed E-state index contributed by atoms with van der Waals surface area (Å²) < 4.78 is 1.74. The molecule has 138 valence electrons. The Kier molecular flexibility index (Phi) is 5.03. The van der Waals surface area contributed by atoms with E-state index in [9.17, 15) is 4.79 Å². The number of nitrogens with zero attached hydrogens (tertiary/aromatic N) is 3. The van der Waals surface area contributed by atoms with E-state index in [1.54, 1.807) is 10.9 Å². The third-order valence-corrected chi connectivity index (χ3v) is 5.19. The van der Waals surface area contributed by atoms with Crippen LogP contribution in [0.5, 0.6) is 0 Å². The third kappa shape index (κ3) is 3.78. The van der Waals surface area contributed by atoms with Gasteiger partial charge in [0, 0.05) is 25.5 Å². The Morgan fingerprint density at radius 2 is 1.85 bits per heavy atom. The van der Waals surface area contributed by atoms with E-state index < -0.39 is 0 Å². The van der Waals surface area contributed by atoms with Crippen molar-refractivity contribution >= 4 is 5.91 Å². The molecule has 0 saturated carbocycles. The van der Waals surface area contributed by atoms with E-state index in [0.29, 0.717) is 11.5 Å². The Morgan fingerprint density at radius 1 is 1.07 bits per heavy atom. The van der Waals surface area contributed by atoms with Gasteiger partial charge in [0.2, 0.25) is 0 Å². The van der Waals surface area contributed by atoms with Gasteiger partial charge in [0.1, 0.15) is 0 Å². The molecule has 2 aromatic carbocycles. The molecule has 0 spiro atoms. The van der Waals surface area contributed by atoms with Crippen molar-refractivity contribution in [1.29, 1.82) is 0 Å². The molecule has 1 amide bonds. The van der Waals surface area contributed by atoms with Gasteiger partial charge in [-0.05, 0) is 48.1 Å². The number of aromatic nitrogens is 2. The number of benzene rings is 2. The fourth-order valence-corrected chi connectivity index (χ4v) is 3.73. The molecule has 0 aliphatic carbocycles.